The Kier molecular flexibility index (Phi) is 4.46. The van der Waals surface area contributed by atoms with Crippen molar-refractivity contribution in [1.82, 2.24) is 4.90 Å². The minimum absolute atomic E-state index is 0.0648. The zero-order valence-corrected chi connectivity index (χ0v) is 11.9. The third-order valence-corrected chi connectivity index (χ3v) is 4.14. The van der Waals surface area contributed by atoms with Crippen LogP contribution in [0, 0.1) is 6.92 Å². The smallest absolute Gasteiger partial charge is 0.253 e. The molecule has 1 amide bonds. The van der Waals surface area contributed by atoms with Crippen molar-refractivity contribution < 1.29 is 9.90 Å². The van der Waals surface area contributed by atoms with Gasteiger partial charge in [-0.2, -0.15) is 0 Å². The molecule has 0 bridgehead atoms. The van der Waals surface area contributed by atoms with Crippen LogP contribution >= 0.6 is 0 Å². The molecular weight excluding hydrogens is 238 g/mol. The second-order valence-corrected chi connectivity index (χ2v) is 5.56. The standard InChI is InChI=1S/C16H23NO2/c1-12-11-13(9-10-15(12)18)16(19)17(2)14-7-5-3-4-6-8-14/h9-11,14,18H,3-8H2,1-2H3. The van der Waals surface area contributed by atoms with E-state index in [4.69, 9.17) is 0 Å². The van der Waals surface area contributed by atoms with Crippen molar-refractivity contribution in [1.29, 1.82) is 0 Å². The number of aryl methyl sites for hydroxylation is 1. The van der Waals surface area contributed by atoms with Crippen LogP contribution in [-0.2, 0) is 0 Å². The van der Waals surface area contributed by atoms with Crippen LogP contribution in [0.2, 0.25) is 0 Å². The maximum absolute atomic E-state index is 12.5. The van der Waals surface area contributed by atoms with Gasteiger partial charge >= 0.3 is 0 Å². The zero-order chi connectivity index (χ0) is 13.8. The Balaban J connectivity index is 2.10. The van der Waals surface area contributed by atoms with E-state index in [9.17, 15) is 9.90 Å². The first-order chi connectivity index (χ1) is 9.09. The Morgan fingerprint density at radius 1 is 1.21 bits per heavy atom. The van der Waals surface area contributed by atoms with Crippen molar-refractivity contribution in [2.24, 2.45) is 0 Å². The second-order valence-electron chi connectivity index (χ2n) is 5.56. The molecule has 0 unspecified atom stereocenters. The van der Waals surface area contributed by atoms with Gasteiger partial charge in [0.15, 0.2) is 0 Å². The van der Waals surface area contributed by atoms with Gasteiger partial charge in [0.05, 0.1) is 0 Å². The molecule has 0 spiro atoms. The van der Waals surface area contributed by atoms with Crippen molar-refractivity contribution in [3.63, 3.8) is 0 Å². The lowest BCUT2D eigenvalue weighted by Crippen LogP contribution is -2.36. The Hall–Kier alpha value is -1.51. The number of amides is 1. The third-order valence-electron chi connectivity index (χ3n) is 4.14. The summed E-state index contributed by atoms with van der Waals surface area (Å²) in [6.45, 7) is 1.82. The predicted octanol–water partition coefficient (Wildman–Crippen LogP) is 3.50. The number of benzene rings is 1. The van der Waals surface area contributed by atoms with Gasteiger partial charge in [-0.05, 0) is 43.5 Å². The summed E-state index contributed by atoms with van der Waals surface area (Å²) in [4.78, 5) is 14.4. The van der Waals surface area contributed by atoms with E-state index in [2.05, 4.69) is 0 Å². The molecule has 1 fully saturated rings. The van der Waals surface area contributed by atoms with E-state index in [1.54, 1.807) is 18.2 Å². The summed E-state index contributed by atoms with van der Waals surface area (Å²) in [6.07, 6.45) is 7.24. The van der Waals surface area contributed by atoms with Gasteiger partial charge in [0.2, 0.25) is 0 Å². The molecule has 0 saturated heterocycles. The maximum atomic E-state index is 12.5. The second kappa shape index (κ2) is 6.09. The Labute approximate surface area is 115 Å². The summed E-state index contributed by atoms with van der Waals surface area (Å²) in [5, 5.41) is 9.53. The Bertz CT molecular complexity index is 448. The highest BCUT2D eigenvalue weighted by molar-refractivity contribution is 5.94. The van der Waals surface area contributed by atoms with Crippen LogP contribution in [0.3, 0.4) is 0 Å². The number of hydrogen-bond acceptors (Lipinski definition) is 2. The maximum Gasteiger partial charge on any atom is 0.253 e. The van der Waals surface area contributed by atoms with Gasteiger partial charge in [-0.3, -0.25) is 4.79 Å². The van der Waals surface area contributed by atoms with E-state index in [1.165, 1.54) is 25.7 Å². The summed E-state index contributed by atoms with van der Waals surface area (Å²) in [5.74, 6) is 0.309. The van der Waals surface area contributed by atoms with Gasteiger partial charge in [-0.25, -0.2) is 0 Å². The van der Waals surface area contributed by atoms with E-state index < -0.39 is 0 Å². The van der Waals surface area contributed by atoms with Crippen LogP contribution in [0.15, 0.2) is 18.2 Å². The highest BCUT2D eigenvalue weighted by Crippen LogP contribution is 2.23. The summed E-state index contributed by atoms with van der Waals surface area (Å²) >= 11 is 0. The predicted molar refractivity (Wildman–Crippen MR) is 76.4 cm³/mol. The molecule has 19 heavy (non-hydrogen) atoms. The van der Waals surface area contributed by atoms with E-state index in [1.807, 2.05) is 18.9 Å². The van der Waals surface area contributed by atoms with Gasteiger partial charge in [-0.1, -0.05) is 25.7 Å². The van der Waals surface area contributed by atoms with E-state index in [0.29, 0.717) is 11.6 Å². The first-order valence-corrected chi connectivity index (χ1v) is 7.16. The lowest BCUT2D eigenvalue weighted by Gasteiger charge is -2.27. The van der Waals surface area contributed by atoms with E-state index >= 15 is 0 Å². The molecule has 1 aromatic rings. The molecule has 2 rings (SSSR count). The molecule has 1 aliphatic carbocycles. The average Bonchev–Trinajstić information content (AvgIpc) is 2.69. The van der Waals surface area contributed by atoms with Crippen molar-refractivity contribution >= 4 is 5.91 Å². The fourth-order valence-electron chi connectivity index (χ4n) is 2.80. The Morgan fingerprint density at radius 2 is 1.84 bits per heavy atom. The lowest BCUT2D eigenvalue weighted by atomic mass is 10.1. The summed E-state index contributed by atoms with van der Waals surface area (Å²) in [7, 11) is 1.90. The normalized spacial score (nSPS) is 16.9. The SMILES string of the molecule is Cc1cc(C(=O)N(C)C2CCCCCC2)ccc1O. The number of aromatic hydroxyl groups is 1. The van der Waals surface area contributed by atoms with Gasteiger partial charge in [0, 0.05) is 18.7 Å². The number of phenols is 1. The molecule has 0 aliphatic heterocycles. The number of nitrogens with zero attached hydrogens (tertiary/aromatic N) is 1. The van der Waals surface area contributed by atoms with Gasteiger partial charge < -0.3 is 10.0 Å². The molecule has 0 heterocycles. The summed E-state index contributed by atoms with van der Waals surface area (Å²) < 4.78 is 0. The minimum Gasteiger partial charge on any atom is -0.508 e. The number of phenolic OH excluding ortho intramolecular Hbond substituents is 1. The monoisotopic (exact) mass is 261 g/mol. The van der Waals surface area contributed by atoms with Crippen molar-refractivity contribution in [3.05, 3.63) is 29.3 Å². The van der Waals surface area contributed by atoms with Gasteiger partial charge in [0.1, 0.15) is 5.75 Å². The average molecular weight is 261 g/mol. The van der Waals surface area contributed by atoms with Crippen molar-refractivity contribution in [2.45, 2.75) is 51.5 Å². The third kappa shape index (κ3) is 3.28. The Morgan fingerprint density at radius 3 is 2.42 bits per heavy atom. The first-order valence-electron chi connectivity index (χ1n) is 7.16. The molecule has 1 aliphatic rings. The van der Waals surface area contributed by atoms with Crippen LogP contribution in [0.4, 0.5) is 0 Å². The number of rotatable bonds is 2. The summed E-state index contributed by atoms with van der Waals surface area (Å²) in [6, 6.07) is 5.44. The van der Waals surface area contributed by atoms with Crippen molar-refractivity contribution in [2.75, 3.05) is 7.05 Å². The van der Waals surface area contributed by atoms with Crippen LogP contribution < -0.4 is 0 Å². The van der Waals surface area contributed by atoms with Gasteiger partial charge in [0.25, 0.3) is 5.91 Å². The van der Waals surface area contributed by atoms with Crippen LogP contribution in [0.25, 0.3) is 0 Å². The number of hydrogen-bond donors (Lipinski definition) is 1. The first kappa shape index (κ1) is 13.9. The molecule has 0 atom stereocenters. The van der Waals surface area contributed by atoms with Crippen LogP contribution in [-0.4, -0.2) is 29.0 Å². The molecule has 0 radical (unpaired) electrons. The lowest BCUT2D eigenvalue weighted by molar-refractivity contribution is 0.0717. The highest BCUT2D eigenvalue weighted by atomic mass is 16.3. The fraction of sp³-hybridized carbons (Fsp3) is 0.562. The summed E-state index contributed by atoms with van der Waals surface area (Å²) in [5.41, 5.74) is 1.42. The molecule has 3 nitrogen and oxygen atoms in total. The fourth-order valence-corrected chi connectivity index (χ4v) is 2.80. The molecule has 3 heteroatoms. The number of carbonyl (C=O) groups is 1. The molecular formula is C16H23NO2. The van der Waals surface area contributed by atoms with Crippen LogP contribution in [0.1, 0.15) is 54.4 Å². The topological polar surface area (TPSA) is 40.5 Å². The minimum atomic E-state index is 0.0648. The molecule has 104 valence electrons. The van der Waals surface area contributed by atoms with Crippen molar-refractivity contribution in [3.8, 4) is 5.75 Å². The largest absolute Gasteiger partial charge is 0.508 e. The molecule has 0 aromatic heterocycles. The highest BCUT2D eigenvalue weighted by Gasteiger charge is 2.22. The molecule has 1 saturated carbocycles. The molecule has 1 N–H and O–H groups in total. The van der Waals surface area contributed by atoms with Gasteiger partial charge in [-0.15, -0.1) is 0 Å². The van der Waals surface area contributed by atoms with Crippen LogP contribution in [0.5, 0.6) is 5.75 Å². The zero-order valence-electron chi connectivity index (χ0n) is 11.9. The number of carbonyl (C=O) groups excluding carboxylic acids is 1. The van der Waals surface area contributed by atoms with E-state index in [-0.39, 0.29) is 11.7 Å². The molecule has 1 aromatic carbocycles. The van der Waals surface area contributed by atoms with E-state index in [0.717, 1.165) is 18.4 Å². The quantitative estimate of drug-likeness (QED) is 0.828.